The highest BCUT2D eigenvalue weighted by atomic mass is 127. The highest BCUT2D eigenvalue weighted by Crippen LogP contribution is 2.35. The van der Waals surface area contributed by atoms with Gasteiger partial charge in [-0.05, 0) is 0 Å². The molecule has 0 aliphatic rings. The Kier molecular flexibility index (Phi) is 4.04. The minimum Gasteiger partial charge on any atom is -0.100 e. The molecule has 0 atom stereocenters. The van der Waals surface area contributed by atoms with Crippen molar-refractivity contribution in [1.29, 1.82) is 0 Å². The second-order valence-corrected chi connectivity index (χ2v) is 12.0. The maximum Gasteiger partial charge on any atom is 0.142 e. The van der Waals surface area contributed by atoms with Crippen LogP contribution in [0.15, 0.2) is 12.7 Å². The third kappa shape index (κ3) is 5.93. The lowest BCUT2D eigenvalue weighted by Gasteiger charge is -2.00. The van der Waals surface area contributed by atoms with Crippen molar-refractivity contribution in [3.63, 3.8) is 0 Å². The molecule has 0 heterocycles. The second-order valence-electron chi connectivity index (χ2n) is 0.746. The first-order valence-corrected chi connectivity index (χ1v) is 4.50. The quantitative estimate of drug-likeness (QED) is 0.348. The van der Waals surface area contributed by atoms with Crippen molar-refractivity contribution in [2.24, 2.45) is 0 Å². The number of halogens is 3. The van der Waals surface area contributed by atoms with Gasteiger partial charge in [0.05, 0.1) is 0 Å². The van der Waals surface area contributed by atoms with E-state index >= 15 is 0 Å². The van der Waals surface area contributed by atoms with E-state index in [1.165, 1.54) is 0 Å². The van der Waals surface area contributed by atoms with Crippen LogP contribution >= 0.6 is 67.8 Å². The molecule has 0 radical (unpaired) electrons. The summed E-state index contributed by atoms with van der Waals surface area (Å²) < 4.78 is 0.216. The van der Waals surface area contributed by atoms with Gasteiger partial charge >= 0.3 is 0 Å². The number of alkyl halides is 3. The Morgan fingerprint density at radius 3 is 1.50 bits per heavy atom. The number of rotatable bonds is 1. The van der Waals surface area contributed by atoms with Crippen molar-refractivity contribution >= 4 is 67.8 Å². The van der Waals surface area contributed by atoms with Crippen molar-refractivity contribution in [2.45, 2.75) is -0.565 Å². The highest BCUT2D eigenvalue weighted by Gasteiger charge is 2.08. The standard InChI is InChI=1S/C3H3I3/c1-2-3(4,5)6/h2H,1H2. The van der Waals surface area contributed by atoms with E-state index < -0.39 is 0 Å². The summed E-state index contributed by atoms with van der Waals surface area (Å²) in [7, 11) is 0. The summed E-state index contributed by atoms with van der Waals surface area (Å²) in [5.74, 6) is 0. The van der Waals surface area contributed by atoms with Crippen LogP contribution in [0.2, 0.25) is 0 Å². The van der Waals surface area contributed by atoms with Gasteiger partial charge in [-0.15, -0.1) is 6.58 Å². The Morgan fingerprint density at radius 2 is 1.50 bits per heavy atom. The van der Waals surface area contributed by atoms with Crippen LogP contribution in [-0.2, 0) is 0 Å². The molecule has 0 saturated heterocycles. The average Bonchev–Trinajstić information content (AvgIpc) is 1.35. The third-order valence-electron chi connectivity index (χ3n) is 0.231. The molecule has 36 valence electrons. The fourth-order valence-corrected chi connectivity index (χ4v) is 0. The van der Waals surface area contributed by atoms with E-state index in [4.69, 9.17) is 0 Å². The lowest BCUT2D eigenvalue weighted by atomic mass is 10.8. The first-order valence-electron chi connectivity index (χ1n) is 1.26. The summed E-state index contributed by atoms with van der Waals surface area (Å²) >= 11 is 6.89. The summed E-state index contributed by atoms with van der Waals surface area (Å²) in [5, 5.41) is 0. The van der Waals surface area contributed by atoms with E-state index in [0.717, 1.165) is 0 Å². The molecule has 0 aliphatic carbocycles. The van der Waals surface area contributed by atoms with Crippen LogP contribution in [0.25, 0.3) is 0 Å². The number of hydrogen-bond donors (Lipinski definition) is 0. The Labute approximate surface area is 78.6 Å². The lowest BCUT2D eigenvalue weighted by molar-refractivity contribution is 1.79. The van der Waals surface area contributed by atoms with Gasteiger partial charge in [-0.2, -0.15) is 0 Å². The fourth-order valence-electron chi connectivity index (χ4n) is 0. The molecule has 0 aromatic heterocycles. The zero-order valence-electron chi connectivity index (χ0n) is 2.92. The van der Waals surface area contributed by atoms with Crippen molar-refractivity contribution in [1.82, 2.24) is 0 Å². The smallest absolute Gasteiger partial charge is 0.100 e. The van der Waals surface area contributed by atoms with Gasteiger partial charge in [0.1, 0.15) is -0.565 Å². The minimum atomic E-state index is 0.216. The fraction of sp³-hybridized carbons (Fsp3) is 0.333. The lowest BCUT2D eigenvalue weighted by Crippen LogP contribution is -1.86. The van der Waals surface area contributed by atoms with Crippen molar-refractivity contribution in [3.05, 3.63) is 12.7 Å². The van der Waals surface area contributed by atoms with E-state index in [0.29, 0.717) is 0 Å². The van der Waals surface area contributed by atoms with E-state index in [1.54, 1.807) is 0 Å². The second kappa shape index (κ2) is 3.06. The van der Waals surface area contributed by atoms with Gasteiger partial charge in [-0.1, -0.05) is 73.8 Å². The monoisotopic (exact) mass is 420 g/mol. The Balaban J connectivity index is 3.45. The molecule has 0 saturated carbocycles. The van der Waals surface area contributed by atoms with E-state index in [1.807, 2.05) is 6.08 Å². The van der Waals surface area contributed by atoms with Crippen molar-refractivity contribution in [3.8, 4) is 0 Å². The highest BCUT2D eigenvalue weighted by molar-refractivity contribution is 14.3. The number of allylic oxidation sites excluding steroid dienone is 1. The first-order chi connectivity index (χ1) is 2.56. The Morgan fingerprint density at radius 1 is 1.33 bits per heavy atom. The molecule has 0 nitrogen and oxygen atoms in total. The van der Waals surface area contributed by atoms with E-state index in [-0.39, 0.29) is -0.565 Å². The maximum atomic E-state index is 3.61. The van der Waals surface area contributed by atoms with Gasteiger partial charge in [-0.3, -0.25) is 0 Å². The number of hydrogen-bond acceptors (Lipinski definition) is 0. The van der Waals surface area contributed by atoms with Gasteiger partial charge in [0.2, 0.25) is 0 Å². The van der Waals surface area contributed by atoms with Gasteiger partial charge < -0.3 is 0 Å². The van der Waals surface area contributed by atoms with E-state index in [2.05, 4.69) is 74.4 Å². The topological polar surface area (TPSA) is 0 Å². The van der Waals surface area contributed by atoms with Gasteiger partial charge in [0.15, 0.2) is 0 Å². The molecule has 0 spiro atoms. The van der Waals surface area contributed by atoms with Crippen LogP contribution in [0.5, 0.6) is 0 Å². The molecule has 0 fully saturated rings. The van der Waals surface area contributed by atoms with Crippen LogP contribution in [0.4, 0.5) is 0 Å². The summed E-state index contributed by atoms with van der Waals surface area (Å²) in [6.07, 6.45) is 1.90. The predicted molar refractivity (Wildman–Crippen MR) is 55.0 cm³/mol. The Hall–Kier alpha value is 1.93. The molecular formula is C3H3I3. The van der Waals surface area contributed by atoms with Gasteiger partial charge in [0.25, 0.3) is 0 Å². The molecule has 6 heavy (non-hydrogen) atoms. The molecule has 0 N–H and O–H groups in total. The van der Waals surface area contributed by atoms with Gasteiger partial charge in [-0.25, -0.2) is 0 Å². The van der Waals surface area contributed by atoms with Crippen LogP contribution < -0.4 is 0 Å². The maximum absolute atomic E-state index is 3.61. The molecular weight excluding hydrogens is 417 g/mol. The van der Waals surface area contributed by atoms with Crippen LogP contribution in [0, 0.1) is 0 Å². The van der Waals surface area contributed by atoms with Gasteiger partial charge in [0, 0.05) is 0 Å². The Bertz CT molecular complexity index is 51.5. The molecule has 0 bridgehead atoms. The average molecular weight is 420 g/mol. The van der Waals surface area contributed by atoms with Crippen molar-refractivity contribution < 1.29 is 0 Å². The zero-order chi connectivity index (χ0) is 5.21. The van der Waals surface area contributed by atoms with E-state index in [9.17, 15) is 0 Å². The zero-order valence-corrected chi connectivity index (χ0v) is 9.39. The molecule has 0 rings (SSSR count). The summed E-state index contributed by atoms with van der Waals surface area (Å²) in [6, 6.07) is 0. The molecule has 0 aliphatic heterocycles. The normalized spacial score (nSPS) is 11.2. The minimum absolute atomic E-state index is 0.216. The molecule has 0 unspecified atom stereocenters. The predicted octanol–water partition coefficient (Wildman–Crippen LogP) is 3.13. The summed E-state index contributed by atoms with van der Waals surface area (Å²) in [6.45, 7) is 3.61. The summed E-state index contributed by atoms with van der Waals surface area (Å²) in [4.78, 5) is 0. The molecule has 0 aromatic rings. The summed E-state index contributed by atoms with van der Waals surface area (Å²) in [5.41, 5.74) is 0. The first kappa shape index (κ1) is 7.93. The van der Waals surface area contributed by atoms with Crippen molar-refractivity contribution in [2.75, 3.05) is 0 Å². The molecule has 3 heteroatoms. The SMILES string of the molecule is C=CC(I)(I)I. The van der Waals surface area contributed by atoms with Crippen LogP contribution in [-0.4, -0.2) is -0.565 Å². The van der Waals surface area contributed by atoms with Crippen LogP contribution in [0.3, 0.4) is 0 Å². The molecule has 0 amide bonds. The van der Waals surface area contributed by atoms with Crippen LogP contribution in [0.1, 0.15) is 0 Å². The molecule has 0 aromatic carbocycles. The third-order valence-corrected chi connectivity index (χ3v) is 1.55. The largest absolute Gasteiger partial charge is 0.142 e.